The summed E-state index contributed by atoms with van der Waals surface area (Å²) in [5.74, 6) is -0.955. The van der Waals surface area contributed by atoms with Gasteiger partial charge in [-0.05, 0) is 37.0 Å². The summed E-state index contributed by atoms with van der Waals surface area (Å²) in [6, 6.07) is 7.15. The van der Waals surface area contributed by atoms with E-state index in [1.807, 2.05) is 18.2 Å². The number of carboxylic acid groups (broad SMARTS) is 1. The van der Waals surface area contributed by atoms with Crippen LogP contribution in [0.2, 0.25) is 0 Å². The van der Waals surface area contributed by atoms with Crippen molar-refractivity contribution < 1.29 is 14.7 Å². The normalized spacial score (nSPS) is 17.9. The van der Waals surface area contributed by atoms with Gasteiger partial charge in [0.05, 0.1) is 12.6 Å². The number of likely N-dealkylation sites (tertiary alicyclic amines) is 1. The highest BCUT2D eigenvalue weighted by atomic mass is 16.4. The molecule has 1 aromatic carbocycles. The number of piperidine rings is 1. The Labute approximate surface area is 134 Å². The number of carbonyl (C=O) groups excluding carboxylic acids is 1. The lowest BCUT2D eigenvalue weighted by atomic mass is 9.97. The molecule has 0 aliphatic carbocycles. The molecule has 0 unspecified atom stereocenters. The van der Waals surface area contributed by atoms with Crippen molar-refractivity contribution in [1.29, 1.82) is 0 Å². The van der Waals surface area contributed by atoms with E-state index < -0.39 is 5.97 Å². The molecule has 1 aliphatic rings. The molecule has 0 spiro atoms. The second kappa shape index (κ2) is 6.64. The summed E-state index contributed by atoms with van der Waals surface area (Å²) >= 11 is 0. The van der Waals surface area contributed by atoms with E-state index in [4.69, 9.17) is 5.11 Å². The second-order valence-electron chi connectivity index (χ2n) is 5.81. The first kappa shape index (κ1) is 15.3. The number of benzene rings is 1. The minimum atomic E-state index is -0.859. The fourth-order valence-corrected chi connectivity index (χ4v) is 3.09. The number of amides is 1. The summed E-state index contributed by atoms with van der Waals surface area (Å²) in [5, 5.41) is 15.7. The lowest BCUT2D eigenvalue weighted by Crippen LogP contribution is -2.44. The summed E-state index contributed by atoms with van der Waals surface area (Å²) in [7, 11) is 0. The topological polar surface area (TPSA) is 86.3 Å². The number of nitrogens with one attached hydrogen (secondary N) is 1. The summed E-state index contributed by atoms with van der Waals surface area (Å²) in [6.45, 7) is 0.618. The summed E-state index contributed by atoms with van der Waals surface area (Å²) < 4.78 is 0. The van der Waals surface area contributed by atoms with Crippen molar-refractivity contribution in [2.75, 3.05) is 6.54 Å². The molecule has 2 aromatic rings. The third kappa shape index (κ3) is 3.41. The smallest absolute Gasteiger partial charge is 0.305 e. The van der Waals surface area contributed by atoms with E-state index in [-0.39, 0.29) is 18.4 Å². The molecule has 0 radical (unpaired) electrons. The zero-order chi connectivity index (χ0) is 16.2. The SMILES string of the molecule is O=C(O)C[C@H]1CCCCN1C(=O)c1cccc(-c2cn[nH]c2)c1. The first-order valence-corrected chi connectivity index (χ1v) is 7.77. The number of H-pyrrole nitrogens is 1. The fraction of sp³-hybridized carbons (Fsp3) is 0.353. The van der Waals surface area contributed by atoms with E-state index in [0.29, 0.717) is 12.1 Å². The average Bonchev–Trinajstić information content (AvgIpc) is 3.09. The van der Waals surface area contributed by atoms with E-state index in [1.54, 1.807) is 23.4 Å². The van der Waals surface area contributed by atoms with Gasteiger partial charge in [-0.1, -0.05) is 12.1 Å². The lowest BCUT2D eigenvalue weighted by molar-refractivity contribution is -0.138. The van der Waals surface area contributed by atoms with Crippen LogP contribution in [0.25, 0.3) is 11.1 Å². The highest BCUT2D eigenvalue weighted by Gasteiger charge is 2.29. The van der Waals surface area contributed by atoms with Gasteiger partial charge in [-0.2, -0.15) is 5.10 Å². The molecule has 1 aliphatic heterocycles. The first-order chi connectivity index (χ1) is 11.1. The van der Waals surface area contributed by atoms with E-state index in [0.717, 1.165) is 30.4 Å². The van der Waals surface area contributed by atoms with Crippen LogP contribution < -0.4 is 0 Å². The van der Waals surface area contributed by atoms with Crippen molar-refractivity contribution >= 4 is 11.9 Å². The Morgan fingerprint density at radius 1 is 1.30 bits per heavy atom. The molecule has 1 amide bonds. The predicted molar refractivity (Wildman–Crippen MR) is 85.0 cm³/mol. The number of carbonyl (C=O) groups is 2. The Balaban J connectivity index is 1.84. The van der Waals surface area contributed by atoms with E-state index in [1.165, 1.54) is 0 Å². The Kier molecular flexibility index (Phi) is 4.41. The maximum Gasteiger partial charge on any atom is 0.305 e. The molecule has 6 heteroatoms. The highest BCUT2D eigenvalue weighted by molar-refractivity contribution is 5.96. The molecule has 6 nitrogen and oxygen atoms in total. The van der Waals surface area contributed by atoms with Crippen LogP contribution in [0.4, 0.5) is 0 Å². The number of hydrogen-bond acceptors (Lipinski definition) is 3. The molecule has 3 rings (SSSR count). The van der Waals surface area contributed by atoms with Crippen LogP contribution in [0.3, 0.4) is 0 Å². The third-order valence-electron chi connectivity index (χ3n) is 4.24. The number of nitrogens with zero attached hydrogens (tertiary/aromatic N) is 2. The Morgan fingerprint density at radius 3 is 2.91 bits per heavy atom. The minimum absolute atomic E-state index is 0.00710. The summed E-state index contributed by atoms with van der Waals surface area (Å²) in [6.07, 6.45) is 6.13. The van der Waals surface area contributed by atoms with Gasteiger partial charge in [0.15, 0.2) is 0 Å². The van der Waals surface area contributed by atoms with Crippen molar-refractivity contribution in [1.82, 2.24) is 15.1 Å². The number of carboxylic acids is 1. The molecule has 2 heterocycles. The van der Waals surface area contributed by atoms with Crippen molar-refractivity contribution in [3.63, 3.8) is 0 Å². The van der Waals surface area contributed by atoms with E-state index >= 15 is 0 Å². The number of aromatic amines is 1. The maximum absolute atomic E-state index is 12.8. The van der Waals surface area contributed by atoms with Crippen molar-refractivity contribution in [2.45, 2.75) is 31.7 Å². The van der Waals surface area contributed by atoms with Gasteiger partial charge in [-0.3, -0.25) is 14.7 Å². The molecule has 1 aromatic heterocycles. The fourth-order valence-electron chi connectivity index (χ4n) is 3.09. The molecule has 0 bridgehead atoms. The molecule has 1 saturated heterocycles. The Morgan fingerprint density at radius 2 is 2.17 bits per heavy atom. The monoisotopic (exact) mass is 313 g/mol. The van der Waals surface area contributed by atoms with E-state index in [9.17, 15) is 9.59 Å². The van der Waals surface area contributed by atoms with Crippen LogP contribution in [0, 0.1) is 0 Å². The quantitative estimate of drug-likeness (QED) is 0.908. The van der Waals surface area contributed by atoms with Crippen molar-refractivity contribution in [3.8, 4) is 11.1 Å². The molecule has 120 valence electrons. The standard InChI is InChI=1S/C17H19N3O3/c21-16(22)9-15-6-1-2-7-20(15)17(23)13-5-3-4-12(8-13)14-10-18-19-11-14/h3-5,8,10-11,15H,1-2,6-7,9H2,(H,18,19)(H,21,22)/t15-/m1/s1. The maximum atomic E-state index is 12.8. The third-order valence-corrected chi connectivity index (χ3v) is 4.24. The average molecular weight is 313 g/mol. The van der Waals surface area contributed by atoms with Gasteiger partial charge in [-0.15, -0.1) is 0 Å². The lowest BCUT2D eigenvalue weighted by Gasteiger charge is -2.35. The minimum Gasteiger partial charge on any atom is -0.481 e. The second-order valence-corrected chi connectivity index (χ2v) is 5.81. The van der Waals surface area contributed by atoms with Crippen LogP contribution >= 0.6 is 0 Å². The molecule has 0 saturated carbocycles. The zero-order valence-electron chi connectivity index (χ0n) is 12.7. The van der Waals surface area contributed by atoms with Crippen molar-refractivity contribution in [3.05, 3.63) is 42.2 Å². The van der Waals surface area contributed by atoms with Crippen LogP contribution in [0.5, 0.6) is 0 Å². The van der Waals surface area contributed by atoms with Gasteiger partial charge in [0, 0.05) is 29.9 Å². The highest BCUT2D eigenvalue weighted by Crippen LogP contribution is 2.24. The molecule has 2 N–H and O–H groups in total. The van der Waals surface area contributed by atoms with Gasteiger partial charge < -0.3 is 10.0 Å². The summed E-state index contributed by atoms with van der Waals surface area (Å²) in [4.78, 5) is 25.6. The molecular weight excluding hydrogens is 294 g/mol. The van der Waals surface area contributed by atoms with Gasteiger partial charge >= 0.3 is 5.97 Å². The molecule has 1 fully saturated rings. The van der Waals surface area contributed by atoms with Gasteiger partial charge in [0.1, 0.15) is 0 Å². The van der Waals surface area contributed by atoms with Crippen molar-refractivity contribution in [2.24, 2.45) is 0 Å². The summed E-state index contributed by atoms with van der Waals surface area (Å²) in [5.41, 5.74) is 2.41. The van der Waals surface area contributed by atoms with Crippen LogP contribution in [-0.4, -0.2) is 44.7 Å². The van der Waals surface area contributed by atoms with Gasteiger partial charge in [-0.25, -0.2) is 0 Å². The predicted octanol–water partition coefficient (Wildman–Crippen LogP) is 2.55. The number of hydrogen-bond donors (Lipinski definition) is 2. The molecular formula is C17H19N3O3. The number of rotatable bonds is 4. The number of aromatic nitrogens is 2. The first-order valence-electron chi connectivity index (χ1n) is 7.77. The Hall–Kier alpha value is -2.63. The van der Waals surface area contributed by atoms with Crippen LogP contribution in [-0.2, 0) is 4.79 Å². The van der Waals surface area contributed by atoms with Gasteiger partial charge in [0.2, 0.25) is 0 Å². The largest absolute Gasteiger partial charge is 0.481 e. The van der Waals surface area contributed by atoms with Gasteiger partial charge in [0.25, 0.3) is 5.91 Å². The Bertz CT molecular complexity index is 697. The van der Waals surface area contributed by atoms with Crippen LogP contribution in [0.15, 0.2) is 36.7 Å². The van der Waals surface area contributed by atoms with E-state index in [2.05, 4.69) is 10.2 Å². The number of aliphatic carboxylic acids is 1. The van der Waals surface area contributed by atoms with Crippen LogP contribution in [0.1, 0.15) is 36.0 Å². The zero-order valence-corrected chi connectivity index (χ0v) is 12.7. The molecule has 23 heavy (non-hydrogen) atoms. The molecule has 1 atom stereocenters.